The summed E-state index contributed by atoms with van der Waals surface area (Å²) in [5.41, 5.74) is 0. The van der Waals surface area contributed by atoms with Crippen molar-refractivity contribution < 1.29 is 19.8 Å². The summed E-state index contributed by atoms with van der Waals surface area (Å²) in [5, 5.41) is 15.7. The van der Waals surface area contributed by atoms with Gasteiger partial charge in [0.15, 0.2) is 0 Å². The minimum Gasteiger partial charge on any atom is -0.481 e. The van der Waals surface area contributed by atoms with Gasteiger partial charge >= 0.3 is 5.97 Å². The summed E-state index contributed by atoms with van der Waals surface area (Å²) < 4.78 is 0. The maximum absolute atomic E-state index is 10.0. The second kappa shape index (κ2) is 3.47. The maximum atomic E-state index is 10.0. The van der Waals surface area contributed by atoms with Crippen LogP contribution in [0, 0.1) is 0 Å². The molecule has 4 nitrogen and oxygen atoms in total. The number of aliphatic carboxylic acids is 1. The van der Waals surface area contributed by atoms with E-state index in [0.29, 0.717) is 0 Å². The van der Waals surface area contributed by atoms with Gasteiger partial charge in [0.25, 0.3) is 0 Å². The van der Waals surface area contributed by atoms with E-state index < -0.39 is 23.6 Å². The van der Waals surface area contributed by atoms with Gasteiger partial charge in [-0.1, -0.05) is 0 Å². The molecule has 0 aromatic carbocycles. The fourth-order valence-corrected chi connectivity index (χ4v) is 0.344. The summed E-state index contributed by atoms with van der Waals surface area (Å²) >= 11 is 3.22. The van der Waals surface area contributed by atoms with Crippen LogP contribution in [0.3, 0.4) is 0 Å². The van der Waals surface area contributed by atoms with E-state index in [1.54, 1.807) is 0 Å². The van der Waals surface area contributed by atoms with Crippen LogP contribution in [0.2, 0.25) is 0 Å². The number of carboxylic acids is 1. The average molecular weight is 150 g/mol. The topological polar surface area (TPSA) is 74.6 Å². The summed E-state index contributed by atoms with van der Waals surface area (Å²) in [7, 11) is 0. The number of carboxylic acid groups (broad SMARTS) is 1. The fraction of sp³-hybridized carbons (Fsp3) is 0.500. The van der Waals surface area contributed by atoms with Gasteiger partial charge in [0.2, 0.25) is 5.12 Å². The SMILES string of the molecule is O=C(O)C[C@@H](O)C(=O)S. The molecule has 0 heterocycles. The van der Waals surface area contributed by atoms with Gasteiger partial charge in [0, 0.05) is 0 Å². The first-order chi connectivity index (χ1) is 4.04. The van der Waals surface area contributed by atoms with Gasteiger partial charge in [0.05, 0.1) is 6.42 Å². The first-order valence-electron chi connectivity index (χ1n) is 2.16. The van der Waals surface area contributed by atoms with Crippen LogP contribution in [0.1, 0.15) is 6.42 Å². The summed E-state index contributed by atoms with van der Waals surface area (Å²) in [6, 6.07) is 0. The van der Waals surface area contributed by atoms with Crippen LogP contribution < -0.4 is 0 Å². The molecule has 0 aliphatic rings. The number of aliphatic hydroxyl groups excluding tert-OH is 1. The predicted molar refractivity (Wildman–Crippen MR) is 32.3 cm³/mol. The van der Waals surface area contributed by atoms with Crippen molar-refractivity contribution in [2.45, 2.75) is 12.5 Å². The molecular weight excluding hydrogens is 144 g/mol. The number of hydrogen-bond donors (Lipinski definition) is 3. The van der Waals surface area contributed by atoms with Crippen molar-refractivity contribution in [3.05, 3.63) is 0 Å². The maximum Gasteiger partial charge on any atom is 0.306 e. The largest absolute Gasteiger partial charge is 0.481 e. The van der Waals surface area contributed by atoms with Crippen molar-refractivity contribution in [2.24, 2.45) is 0 Å². The monoisotopic (exact) mass is 150 g/mol. The van der Waals surface area contributed by atoms with Gasteiger partial charge in [-0.3, -0.25) is 9.59 Å². The number of thiol groups is 1. The zero-order valence-corrected chi connectivity index (χ0v) is 5.34. The van der Waals surface area contributed by atoms with E-state index >= 15 is 0 Å². The molecule has 0 bridgehead atoms. The number of carbonyl (C=O) groups excluding carboxylic acids is 1. The molecule has 0 saturated carbocycles. The Hall–Kier alpha value is -0.550. The molecule has 0 rings (SSSR count). The third kappa shape index (κ3) is 3.99. The molecule has 52 valence electrons. The molecular formula is C4H6O4S. The summed E-state index contributed by atoms with van der Waals surface area (Å²) in [5.74, 6) is -1.22. The molecule has 0 radical (unpaired) electrons. The molecule has 0 fully saturated rings. The zero-order chi connectivity index (χ0) is 7.44. The summed E-state index contributed by atoms with van der Waals surface area (Å²) in [6.07, 6.45) is -2.06. The minimum atomic E-state index is -1.48. The van der Waals surface area contributed by atoms with E-state index in [1.807, 2.05) is 0 Å². The molecule has 0 unspecified atom stereocenters. The molecule has 0 saturated heterocycles. The number of aliphatic hydroxyl groups is 1. The zero-order valence-electron chi connectivity index (χ0n) is 4.44. The molecule has 0 amide bonds. The van der Waals surface area contributed by atoms with E-state index in [0.717, 1.165) is 0 Å². The molecule has 0 aromatic heterocycles. The van der Waals surface area contributed by atoms with Gasteiger partial charge in [0.1, 0.15) is 6.10 Å². The lowest BCUT2D eigenvalue weighted by atomic mass is 10.3. The lowest BCUT2D eigenvalue weighted by Gasteiger charge is -1.98. The quantitative estimate of drug-likeness (QED) is 0.464. The molecule has 0 spiro atoms. The van der Waals surface area contributed by atoms with Crippen LogP contribution >= 0.6 is 12.6 Å². The second-order valence-electron chi connectivity index (χ2n) is 1.45. The fourth-order valence-electron chi connectivity index (χ4n) is 0.253. The lowest BCUT2D eigenvalue weighted by Crippen LogP contribution is -2.19. The van der Waals surface area contributed by atoms with E-state index in [1.165, 1.54) is 0 Å². The standard InChI is InChI=1S/C4H6O4S/c5-2(4(8)9)1-3(6)7/h2,5H,1H2,(H,6,7)(H,8,9)/t2-/m1/s1. The number of rotatable bonds is 3. The van der Waals surface area contributed by atoms with Gasteiger partial charge in [-0.2, -0.15) is 0 Å². The van der Waals surface area contributed by atoms with Crippen molar-refractivity contribution in [2.75, 3.05) is 0 Å². The van der Waals surface area contributed by atoms with Crippen LogP contribution in [0.15, 0.2) is 0 Å². The van der Waals surface area contributed by atoms with Gasteiger partial charge in [-0.25, -0.2) is 0 Å². The average Bonchev–Trinajstić information content (AvgIpc) is 1.63. The third-order valence-corrected chi connectivity index (χ3v) is 0.951. The highest BCUT2D eigenvalue weighted by atomic mass is 32.1. The first-order valence-corrected chi connectivity index (χ1v) is 2.61. The van der Waals surface area contributed by atoms with E-state index in [-0.39, 0.29) is 0 Å². The van der Waals surface area contributed by atoms with E-state index in [9.17, 15) is 9.59 Å². The Kier molecular flexibility index (Phi) is 3.26. The Morgan fingerprint density at radius 2 is 2.00 bits per heavy atom. The highest BCUT2D eigenvalue weighted by molar-refractivity contribution is 7.96. The summed E-state index contributed by atoms with van der Waals surface area (Å²) in [4.78, 5) is 19.8. The molecule has 9 heavy (non-hydrogen) atoms. The molecule has 2 N–H and O–H groups in total. The predicted octanol–water partition coefficient (Wildman–Crippen LogP) is -0.722. The van der Waals surface area contributed by atoms with E-state index in [4.69, 9.17) is 10.2 Å². The molecule has 5 heteroatoms. The van der Waals surface area contributed by atoms with Crippen LogP contribution in [-0.2, 0) is 9.59 Å². The van der Waals surface area contributed by atoms with Crippen LogP contribution in [0.5, 0.6) is 0 Å². The number of carbonyl (C=O) groups is 2. The molecule has 0 aromatic rings. The molecule has 0 aliphatic heterocycles. The normalized spacial score (nSPS) is 12.7. The minimum absolute atomic E-state index is 0.581. The van der Waals surface area contributed by atoms with Crippen molar-refractivity contribution in [1.29, 1.82) is 0 Å². The Labute approximate surface area is 56.9 Å². The van der Waals surface area contributed by atoms with Crippen molar-refractivity contribution in [3.63, 3.8) is 0 Å². The Morgan fingerprint density at radius 3 is 2.11 bits per heavy atom. The van der Waals surface area contributed by atoms with Crippen molar-refractivity contribution >= 4 is 23.7 Å². The van der Waals surface area contributed by atoms with Gasteiger partial charge in [-0.15, -0.1) is 12.6 Å². The third-order valence-electron chi connectivity index (χ3n) is 0.653. The van der Waals surface area contributed by atoms with Gasteiger partial charge in [-0.05, 0) is 0 Å². The Balaban J connectivity index is 3.63. The molecule has 0 aliphatic carbocycles. The van der Waals surface area contributed by atoms with Crippen molar-refractivity contribution in [3.8, 4) is 0 Å². The second-order valence-corrected chi connectivity index (χ2v) is 1.89. The highest BCUT2D eigenvalue weighted by Crippen LogP contribution is 1.95. The van der Waals surface area contributed by atoms with Crippen molar-refractivity contribution in [1.82, 2.24) is 0 Å². The lowest BCUT2D eigenvalue weighted by molar-refractivity contribution is -0.141. The van der Waals surface area contributed by atoms with Crippen LogP contribution in [0.4, 0.5) is 0 Å². The van der Waals surface area contributed by atoms with Crippen LogP contribution in [-0.4, -0.2) is 27.4 Å². The smallest absolute Gasteiger partial charge is 0.306 e. The van der Waals surface area contributed by atoms with Gasteiger partial charge < -0.3 is 10.2 Å². The van der Waals surface area contributed by atoms with Crippen LogP contribution in [0.25, 0.3) is 0 Å². The Bertz CT molecular complexity index is 133. The first kappa shape index (κ1) is 8.45. The molecule has 1 atom stereocenters. The number of hydrogen-bond acceptors (Lipinski definition) is 3. The highest BCUT2D eigenvalue weighted by Gasteiger charge is 2.13. The van der Waals surface area contributed by atoms with E-state index in [2.05, 4.69) is 12.6 Å². The Morgan fingerprint density at radius 1 is 1.56 bits per heavy atom. The summed E-state index contributed by atoms with van der Waals surface area (Å²) in [6.45, 7) is 0.